The van der Waals surface area contributed by atoms with Crippen molar-refractivity contribution in [2.45, 2.75) is 44.4 Å². The Balaban J connectivity index is 2.06. The maximum atomic E-state index is 5.74. The molecule has 1 aromatic rings. The number of H-pyrrole nitrogens is 1. The predicted octanol–water partition coefficient (Wildman–Crippen LogP) is 3.44. The molecule has 1 heterocycles. The molecule has 1 N–H and O–H groups in total. The Morgan fingerprint density at radius 3 is 3.07 bits per heavy atom. The number of aromatic amines is 1. The molecule has 1 saturated carbocycles. The molecule has 0 radical (unpaired) electrons. The van der Waals surface area contributed by atoms with Crippen molar-refractivity contribution in [3.8, 4) is 0 Å². The van der Waals surface area contributed by atoms with Crippen LogP contribution in [0.3, 0.4) is 0 Å². The Bertz CT molecular complexity index is 295. The van der Waals surface area contributed by atoms with Crippen LogP contribution in [0.15, 0.2) is 6.20 Å². The SMILES string of the molecule is CC1CCCC(c2ncc(CCl)[nH]2)C1. The highest BCUT2D eigenvalue weighted by molar-refractivity contribution is 6.16. The molecule has 2 atom stereocenters. The fraction of sp³-hybridized carbons (Fsp3) is 0.727. The number of rotatable bonds is 2. The zero-order valence-corrected chi connectivity index (χ0v) is 9.35. The maximum Gasteiger partial charge on any atom is 0.109 e. The molecule has 14 heavy (non-hydrogen) atoms. The topological polar surface area (TPSA) is 28.7 Å². The standard InChI is InChI=1S/C11H17ClN2/c1-8-3-2-4-9(5-8)11-13-7-10(6-12)14-11/h7-9H,2-6H2,1H3,(H,13,14). The number of hydrogen-bond donors (Lipinski definition) is 1. The summed E-state index contributed by atoms with van der Waals surface area (Å²) in [6.07, 6.45) is 7.12. The minimum absolute atomic E-state index is 0.537. The first kappa shape index (κ1) is 10.0. The quantitative estimate of drug-likeness (QED) is 0.748. The molecule has 1 aromatic heterocycles. The van der Waals surface area contributed by atoms with Crippen molar-refractivity contribution in [1.82, 2.24) is 9.97 Å². The first-order valence-electron chi connectivity index (χ1n) is 5.39. The number of nitrogens with one attached hydrogen (secondary N) is 1. The van der Waals surface area contributed by atoms with Crippen molar-refractivity contribution in [2.24, 2.45) is 5.92 Å². The summed E-state index contributed by atoms with van der Waals surface area (Å²) in [6.45, 7) is 2.33. The fourth-order valence-corrected chi connectivity index (χ4v) is 2.47. The Labute approximate surface area is 90.1 Å². The molecule has 1 fully saturated rings. The molecular formula is C11H17ClN2. The third kappa shape index (κ3) is 2.11. The highest BCUT2D eigenvalue weighted by atomic mass is 35.5. The van der Waals surface area contributed by atoms with Crippen LogP contribution in [0.5, 0.6) is 0 Å². The molecule has 2 unspecified atom stereocenters. The van der Waals surface area contributed by atoms with Gasteiger partial charge in [0.1, 0.15) is 5.82 Å². The van der Waals surface area contributed by atoms with Crippen LogP contribution >= 0.6 is 11.6 Å². The van der Waals surface area contributed by atoms with Gasteiger partial charge in [-0.3, -0.25) is 0 Å². The molecule has 1 aliphatic carbocycles. The van der Waals surface area contributed by atoms with Crippen molar-refractivity contribution < 1.29 is 0 Å². The Kier molecular flexibility index (Phi) is 3.12. The van der Waals surface area contributed by atoms with Crippen LogP contribution < -0.4 is 0 Å². The molecule has 3 heteroatoms. The average molecular weight is 213 g/mol. The lowest BCUT2D eigenvalue weighted by Gasteiger charge is -2.24. The van der Waals surface area contributed by atoms with E-state index < -0.39 is 0 Å². The monoisotopic (exact) mass is 212 g/mol. The lowest BCUT2D eigenvalue weighted by molar-refractivity contribution is 0.336. The Morgan fingerprint density at radius 2 is 2.43 bits per heavy atom. The van der Waals surface area contributed by atoms with Crippen LogP contribution in [0.1, 0.15) is 50.0 Å². The molecular weight excluding hydrogens is 196 g/mol. The van der Waals surface area contributed by atoms with E-state index in [1.807, 2.05) is 6.20 Å². The number of halogens is 1. The highest BCUT2D eigenvalue weighted by Gasteiger charge is 2.22. The van der Waals surface area contributed by atoms with Gasteiger partial charge in [-0.15, -0.1) is 11.6 Å². The normalized spacial score (nSPS) is 27.9. The van der Waals surface area contributed by atoms with E-state index in [4.69, 9.17) is 11.6 Å². The minimum atomic E-state index is 0.537. The van der Waals surface area contributed by atoms with Gasteiger partial charge in [-0.25, -0.2) is 4.98 Å². The molecule has 0 amide bonds. The summed E-state index contributed by atoms with van der Waals surface area (Å²) in [5.41, 5.74) is 1.04. The molecule has 1 aliphatic rings. The Hall–Kier alpha value is -0.500. The van der Waals surface area contributed by atoms with Crippen molar-refractivity contribution in [3.05, 3.63) is 17.7 Å². The predicted molar refractivity (Wildman–Crippen MR) is 58.5 cm³/mol. The van der Waals surface area contributed by atoms with E-state index in [-0.39, 0.29) is 0 Å². The molecule has 0 aromatic carbocycles. The molecule has 0 spiro atoms. The summed E-state index contributed by atoms with van der Waals surface area (Å²) in [6, 6.07) is 0. The highest BCUT2D eigenvalue weighted by Crippen LogP contribution is 2.34. The minimum Gasteiger partial charge on any atom is -0.345 e. The summed E-state index contributed by atoms with van der Waals surface area (Å²) in [5.74, 6) is 3.16. The number of alkyl halides is 1. The summed E-state index contributed by atoms with van der Waals surface area (Å²) in [5, 5.41) is 0. The van der Waals surface area contributed by atoms with Crippen LogP contribution in [0.4, 0.5) is 0 Å². The molecule has 78 valence electrons. The second-order valence-electron chi connectivity index (χ2n) is 4.40. The van der Waals surface area contributed by atoms with Crippen molar-refractivity contribution in [3.63, 3.8) is 0 Å². The van der Waals surface area contributed by atoms with Gasteiger partial charge in [0.2, 0.25) is 0 Å². The van der Waals surface area contributed by atoms with Crippen molar-refractivity contribution >= 4 is 11.6 Å². The second-order valence-corrected chi connectivity index (χ2v) is 4.66. The van der Waals surface area contributed by atoms with E-state index in [2.05, 4.69) is 16.9 Å². The van der Waals surface area contributed by atoms with Crippen LogP contribution in [-0.2, 0) is 5.88 Å². The van der Waals surface area contributed by atoms with E-state index >= 15 is 0 Å². The average Bonchev–Trinajstić information content (AvgIpc) is 2.66. The van der Waals surface area contributed by atoms with Gasteiger partial charge < -0.3 is 4.98 Å². The van der Waals surface area contributed by atoms with Crippen LogP contribution in [0.2, 0.25) is 0 Å². The van der Waals surface area contributed by atoms with Gasteiger partial charge in [-0.1, -0.05) is 19.8 Å². The second kappa shape index (κ2) is 4.35. The smallest absolute Gasteiger partial charge is 0.109 e. The Morgan fingerprint density at radius 1 is 1.57 bits per heavy atom. The lowest BCUT2D eigenvalue weighted by atomic mass is 9.82. The van der Waals surface area contributed by atoms with E-state index in [0.717, 1.165) is 17.4 Å². The summed E-state index contributed by atoms with van der Waals surface area (Å²) >= 11 is 5.74. The molecule has 2 rings (SSSR count). The third-order valence-corrected chi connectivity index (χ3v) is 3.40. The lowest BCUT2D eigenvalue weighted by Crippen LogP contribution is -2.12. The van der Waals surface area contributed by atoms with Crippen LogP contribution in [-0.4, -0.2) is 9.97 Å². The van der Waals surface area contributed by atoms with Gasteiger partial charge in [-0.05, 0) is 18.8 Å². The van der Waals surface area contributed by atoms with Gasteiger partial charge in [0.25, 0.3) is 0 Å². The summed E-state index contributed by atoms with van der Waals surface area (Å²) in [4.78, 5) is 7.72. The van der Waals surface area contributed by atoms with E-state index in [1.165, 1.54) is 25.7 Å². The van der Waals surface area contributed by atoms with Gasteiger partial charge in [0.05, 0.1) is 5.88 Å². The van der Waals surface area contributed by atoms with E-state index in [1.54, 1.807) is 0 Å². The van der Waals surface area contributed by atoms with Crippen molar-refractivity contribution in [2.75, 3.05) is 0 Å². The molecule has 0 saturated heterocycles. The van der Waals surface area contributed by atoms with E-state index in [0.29, 0.717) is 11.8 Å². The van der Waals surface area contributed by atoms with Gasteiger partial charge >= 0.3 is 0 Å². The number of hydrogen-bond acceptors (Lipinski definition) is 1. The fourth-order valence-electron chi connectivity index (χ4n) is 2.33. The van der Waals surface area contributed by atoms with Crippen LogP contribution in [0, 0.1) is 5.92 Å². The summed E-state index contributed by atoms with van der Waals surface area (Å²) in [7, 11) is 0. The largest absolute Gasteiger partial charge is 0.345 e. The van der Waals surface area contributed by atoms with Crippen LogP contribution in [0.25, 0.3) is 0 Å². The summed E-state index contributed by atoms with van der Waals surface area (Å²) < 4.78 is 0. The third-order valence-electron chi connectivity index (χ3n) is 3.12. The maximum absolute atomic E-state index is 5.74. The zero-order valence-electron chi connectivity index (χ0n) is 8.59. The van der Waals surface area contributed by atoms with Crippen molar-refractivity contribution in [1.29, 1.82) is 0 Å². The first-order valence-corrected chi connectivity index (χ1v) is 5.92. The molecule has 0 bridgehead atoms. The molecule has 2 nitrogen and oxygen atoms in total. The van der Waals surface area contributed by atoms with Gasteiger partial charge in [0, 0.05) is 17.8 Å². The number of imidazole rings is 1. The van der Waals surface area contributed by atoms with E-state index in [9.17, 15) is 0 Å². The molecule has 0 aliphatic heterocycles. The zero-order chi connectivity index (χ0) is 9.97. The number of aromatic nitrogens is 2. The first-order chi connectivity index (χ1) is 6.79. The van der Waals surface area contributed by atoms with Gasteiger partial charge in [0.15, 0.2) is 0 Å². The number of nitrogens with zero attached hydrogens (tertiary/aromatic N) is 1. The van der Waals surface area contributed by atoms with Gasteiger partial charge in [-0.2, -0.15) is 0 Å².